The van der Waals surface area contributed by atoms with Crippen molar-refractivity contribution in [1.82, 2.24) is 9.97 Å². The molecule has 1 atom stereocenters. The minimum absolute atomic E-state index is 0.189. The van der Waals surface area contributed by atoms with Gasteiger partial charge in [-0.25, -0.2) is 4.98 Å². The van der Waals surface area contributed by atoms with Crippen molar-refractivity contribution >= 4 is 5.82 Å². The second-order valence-electron chi connectivity index (χ2n) is 4.78. The third-order valence-corrected chi connectivity index (χ3v) is 3.60. The van der Waals surface area contributed by atoms with Crippen LogP contribution < -0.4 is 4.90 Å². The molecule has 94 valence electrons. The van der Waals surface area contributed by atoms with Crippen molar-refractivity contribution in [2.75, 3.05) is 18.0 Å². The van der Waals surface area contributed by atoms with Crippen LogP contribution in [0.4, 0.5) is 5.82 Å². The van der Waals surface area contributed by atoms with Gasteiger partial charge in [-0.2, -0.15) is 0 Å². The lowest BCUT2D eigenvalue weighted by atomic mass is 9.92. The van der Waals surface area contributed by atoms with E-state index in [2.05, 4.69) is 21.8 Å². The number of rotatable bonds is 3. The van der Waals surface area contributed by atoms with Gasteiger partial charge >= 0.3 is 0 Å². The number of hydrogen-bond acceptors (Lipinski definition) is 4. The van der Waals surface area contributed by atoms with Crippen molar-refractivity contribution in [2.24, 2.45) is 5.92 Å². The lowest BCUT2D eigenvalue weighted by Gasteiger charge is -2.33. The van der Waals surface area contributed by atoms with Crippen molar-refractivity contribution in [3.8, 4) is 0 Å². The number of aromatic nitrogens is 2. The summed E-state index contributed by atoms with van der Waals surface area (Å²) in [5, 5.41) is 9.56. The standard InChI is InChI=1S/C13H21N3O/c1-3-12-8-15-13(9-14-12)16-6-4-11(5-7-16)10(2)17/h8-11,17H,3-7H2,1-2H3/t10-/m1/s1. The third kappa shape index (κ3) is 2.94. The van der Waals surface area contributed by atoms with Crippen LogP contribution in [0.15, 0.2) is 12.4 Å². The van der Waals surface area contributed by atoms with Gasteiger partial charge in [-0.05, 0) is 32.1 Å². The number of aryl methyl sites for hydroxylation is 1. The summed E-state index contributed by atoms with van der Waals surface area (Å²) in [4.78, 5) is 11.1. The van der Waals surface area contributed by atoms with Crippen LogP contribution in [0, 0.1) is 5.92 Å². The van der Waals surface area contributed by atoms with Crippen LogP contribution in [0.3, 0.4) is 0 Å². The zero-order valence-electron chi connectivity index (χ0n) is 10.6. The van der Waals surface area contributed by atoms with Crippen molar-refractivity contribution in [1.29, 1.82) is 0 Å². The molecular weight excluding hydrogens is 214 g/mol. The average molecular weight is 235 g/mol. The highest BCUT2D eigenvalue weighted by Gasteiger charge is 2.23. The molecule has 1 aromatic heterocycles. The van der Waals surface area contributed by atoms with Gasteiger partial charge in [0, 0.05) is 13.1 Å². The van der Waals surface area contributed by atoms with E-state index >= 15 is 0 Å². The van der Waals surface area contributed by atoms with E-state index in [9.17, 15) is 5.11 Å². The van der Waals surface area contributed by atoms with Gasteiger partial charge in [-0.15, -0.1) is 0 Å². The molecule has 1 fully saturated rings. The van der Waals surface area contributed by atoms with Gasteiger partial charge in [-0.3, -0.25) is 4.98 Å². The fourth-order valence-electron chi connectivity index (χ4n) is 2.30. The summed E-state index contributed by atoms with van der Waals surface area (Å²) in [6.45, 7) is 5.90. The van der Waals surface area contributed by atoms with E-state index in [0.29, 0.717) is 5.92 Å². The molecule has 1 N–H and O–H groups in total. The molecular formula is C13H21N3O. The Morgan fingerprint density at radius 3 is 2.53 bits per heavy atom. The molecule has 0 spiro atoms. The number of aliphatic hydroxyl groups is 1. The number of aliphatic hydroxyl groups excluding tert-OH is 1. The van der Waals surface area contributed by atoms with E-state index < -0.39 is 0 Å². The lowest BCUT2D eigenvalue weighted by molar-refractivity contribution is 0.110. The van der Waals surface area contributed by atoms with Crippen LogP contribution in [-0.4, -0.2) is 34.3 Å². The van der Waals surface area contributed by atoms with E-state index in [4.69, 9.17) is 0 Å². The van der Waals surface area contributed by atoms with Gasteiger partial charge in [0.25, 0.3) is 0 Å². The molecule has 2 rings (SSSR count). The van der Waals surface area contributed by atoms with Crippen LogP contribution in [0.5, 0.6) is 0 Å². The van der Waals surface area contributed by atoms with Crippen LogP contribution in [0.2, 0.25) is 0 Å². The quantitative estimate of drug-likeness (QED) is 0.865. The van der Waals surface area contributed by atoms with E-state index in [1.807, 2.05) is 19.3 Å². The summed E-state index contributed by atoms with van der Waals surface area (Å²) < 4.78 is 0. The van der Waals surface area contributed by atoms with Crippen LogP contribution in [0.25, 0.3) is 0 Å². The molecule has 1 aliphatic rings. The zero-order valence-corrected chi connectivity index (χ0v) is 10.6. The fourth-order valence-corrected chi connectivity index (χ4v) is 2.30. The molecule has 4 heteroatoms. The molecule has 0 unspecified atom stereocenters. The summed E-state index contributed by atoms with van der Waals surface area (Å²) in [6, 6.07) is 0. The zero-order chi connectivity index (χ0) is 12.3. The summed E-state index contributed by atoms with van der Waals surface area (Å²) in [5.41, 5.74) is 1.03. The Labute approximate surface area is 103 Å². The van der Waals surface area contributed by atoms with E-state index in [0.717, 1.165) is 43.9 Å². The molecule has 1 aromatic rings. The lowest BCUT2D eigenvalue weighted by Crippen LogP contribution is -2.37. The molecule has 0 saturated carbocycles. The van der Waals surface area contributed by atoms with Gasteiger partial charge in [-0.1, -0.05) is 6.92 Å². The van der Waals surface area contributed by atoms with Crippen molar-refractivity contribution in [3.05, 3.63) is 18.1 Å². The predicted octanol–water partition coefficient (Wildman–Crippen LogP) is 1.64. The van der Waals surface area contributed by atoms with Gasteiger partial charge in [0.05, 0.1) is 24.2 Å². The third-order valence-electron chi connectivity index (χ3n) is 3.60. The molecule has 0 aromatic carbocycles. The summed E-state index contributed by atoms with van der Waals surface area (Å²) >= 11 is 0. The van der Waals surface area contributed by atoms with E-state index in [1.54, 1.807) is 0 Å². The fraction of sp³-hybridized carbons (Fsp3) is 0.692. The number of hydrogen-bond donors (Lipinski definition) is 1. The number of nitrogens with zero attached hydrogens (tertiary/aromatic N) is 3. The molecule has 0 aliphatic carbocycles. The first-order chi connectivity index (χ1) is 8.20. The highest BCUT2D eigenvalue weighted by molar-refractivity contribution is 5.36. The maximum atomic E-state index is 9.56. The van der Waals surface area contributed by atoms with Gasteiger partial charge in [0.1, 0.15) is 5.82 Å². The van der Waals surface area contributed by atoms with Gasteiger partial charge in [0.15, 0.2) is 0 Å². The van der Waals surface area contributed by atoms with Crippen LogP contribution >= 0.6 is 0 Å². The second kappa shape index (κ2) is 5.45. The average Bonchev–Trinajstić information content (AvgIpc) is 2.39. The normalized spacial score (nSPS) is 19.4. The van der Waals surface area contributed by atoms with Crippen molar-refractivity contribution in [2.45, 2.75) is 39.2 Å². The van der Waals surface area contributed by atoms with Gasteiger partial charge < -0.3 is 10.0 Å². The first kappa shape index (κ1) is 12.3. The summed E-state index contributed by atoms with van der Waals surface area (Å²) in [7, 11) is 0. The molecule has 17 heavy (non-hydrogen) atoms. The monoisotopic (exact) mass is 235 g/mol. The minimum Gasteiger partial charge on any atom is -0.393 e. The predicted molar refractivity (Wildman–Crippen MR) is 68.0 cm³/mol. The molecule has 1 saturated heterocycles. The Balaban J connectivity index is 1.95. The highest BCUT2D eigenvalue weighted by atomic mass is 16.3. The van der Waals surface area contributed by atoms with Gasteiger partial charge in [0.2, 0.25) is 0 Å². The Hall–Kier alpha value is -1.16. The smallest absolute Gasteiger partial charge is 0.147 e. The second-order valence-corrected chi connectivity index (χ2v) is 4.78. The molecule has 0 radical (unpaired) electrons. The Morgan fingerprint density at radius 1 is 1.35 bits per heavy atom. The van der Waals surface area contributed by atoms with Crippen molar-refractivity contribution in [3.63, 3.8) is 0 Å². The topological polar surface area (TPSA) is 49.2 Å². The number of piperidine rings is 1. The Morgan fingerprint density at radius 2 is 2.06 bits per heavy atom. The molecule has 1 aliphatic heterocycles. The van der Waals surface area contributed by atoms with Crippen molar-refractivity contribution < 1.29 is 5.11 Å². The largest absolute Gasteiger partial charge is 0.393 e. The Bertz CT molecular complexity index is 342. The summed E-state index contributed by atoms with van der Waals surface area (Å²) in [5.74, 6) is 1.40. The van der Waals surface area contributed by atoms with Crippen LogP contribution in [-0.2, 0) is 6.42 Å². The molecule has 4 nitrogen and oxygen atoms in total. The number of anilines is 1. The Kier molecular flexibility index (Phi) is 3.94. The maximum absolute atomic E-state index is 9.56. The molecule has 0 amide bonds. The van der Waals surface area contributed by atoms with Crippen LogP contribution in [0.1, 0.15) is 32.4 Å². The van der Waals surface area contributed by atoms with E-state index in [-0.39, 0.29) is 6.10 Å². The first-order valence-corrected chi connectivity index (χ1v) is 6.44. The molecule has 0 bridgehead atoms. The SMILES string of the molecule is CCc1cnc(N2CCC([C@@H](C)O)CC2)cn1. The summed E-state index contributed by atoms with van der Waals surface area (Å²) in [6.07, 6.45) is 6.53. The maximum Gasteiger partial charge on any atom is 0.147 e. The molecule has 2 heterocycles. The minimum atomic E-state index is -0.189. The first-order valence-electron chi connectivity index (χ1n) is 6.44. The van der Waals surface area contributed by atoms with E-state index in [1.165, 1.54) is 0 Å². The highest BCUT2D eigenvalue weighted by Crippen LogP contribution is 2.23.